The Hall–Kier alpha value is -2.11. The van der Waals surface area contributed by atoms with E-state index in [9.17, 15) is 13.2 Å². The van der Waals surface area contributed by atoms with Crippen LogP contribution < -0.4 is 5.32 Å². The topological polar surface area (TPSA) is 37.8 Å². The number of hydrogen-bond donors (Lipinski definition) is 1. The molecule has 2 aromatic heterocycles. The quantitative estimate of drug-likeness (QED) is 0.924. The summed E-state index contributed by atoms with van der Waals surface area (Å²) in [6.45, 7) is 0.344. The van der Waals surface area contributed by atoms with Crippen molar-refractivity contribution in [1.29, 1.82) is 0 Å². The van der Waals surface area contributed by atoms with Gasteiger partial charge in [0.15, 0.2) is 0 Å². The first-order valence-corrected chi connectivity index (χ1v) is 5.73. The molecule has 0 saturated carbocycles. The molecule has 2 aromatic rings. The lowest BCUT2D eigenvalue weighted by atomic mass is 10.2. The summed E-state index contributed by atoms with van der Waals surface area (Å²) in [6.07, 6.45) is -0.883. The van der Waals surface area contributed by atoms with Crippen molar-refractivity contribution >= 4 is 5.82 Å². The normalized spacial score (nSPS) is 11.3. The average Bonchev–Trinajstić information content (AvgIpc) is 2.39. The summed E-state index contributed by atoms with van der Waals surface area (Å²) in [5.74, 6) is -0.147. The van der Waals surface area contributed by atoms with E-state index in [4.69, 9.17) is 0 Å². The smallest absolute Gasteiger partial charge is 0.369 e. The number of halogens is 3. The molecule has 0 aromatic carbocycles. The number of nitrogens with one attached hydrogen (secondary N) is 1. The van der Waals surface area contributed by atoms with Crippen LogP contribution in [0.3, 0.4) is 0 Å². The number of rotatable bonds is 4. The number of anilines is 1. The molecule has 0 aliphatic rings. The summed E-state index contributed by atoms with van der Waals surface area (Å²) in [7, 11) is 0. The molecule has 2 rings (SSSR count). The van der Waals surface area contributed by atoms with Crippen LogP contribution in [0.1, 0.15) is 11.3 Å². The van der Waals surface area contributed by atoms with Gasteiger partial charge < -0.3 is 5.32 Å². The van der Waals surface area contributed by atoms with Crippen LogP contribution in [0.15, 0.2) is 42.7 Å². The van der Waals surface area contributed by atoms with Crippen LogP contribution in [0.4, 0.5) is 19.0 Å². The Morgan fingerprint density at radius 2 is 1.79 bits per heavy atom. The van der Waals surface area contributed by atoms with Gasteiger partial charge in [-0.1, -0.05) is 6.07 Å². The molecule has 0 radical (unpaired) electrons. The second-order valence-electron chi connectivity index (χ2n) is 3.90. The van der Waals surface area contributed by atoms with E-state index in [1.807, 2.05) is 12.1 Å². The maximum absolute atomic E-state index is 12.7. The van der Waals surface area contributed by atoms with Crippen LogP contribution in [0, 0.1) is 0 Å². The minimum absolute atomic E-state index is 0.147. The van der Waals surface area contributed by atoms with Gasteiger partial charge in [-0.3, -0.25) is 4.98 Å². The maximum Gasteiger partial charge on any atom is 0.419 e. The zero-order chi connectivity index (χ0) is 13.7. The van der Waals surface area contributed by atoms with Crippen molar-refractivity contribution in [2.75, 3.05) is 11.9 Å². The van der Waals surface area contributed by atoms with Gasteiger partial charge in [0.1, 0.15) is 5.82 Å². The highest BCUT2D eigenvalue weighted by Gasteiger charge is 2.33. The second kappa shape index (κ2) is 5.69. The Bertz CT molecular complexity index is 526. The second-order valence-corrected chi connectivity index (χ2v) is 3.90. The molecule has 0 fully saturated rings. The van der Waals surface area contributed by atoms with Crippen molar-refractivity contribution in [2.24, 2.45) is 0 Å². The summed E-state index contributed by atoms with van der Waals surface area (Å²) in [5, 5.41) is 2.70. The lowest BCUT2D eigenvalue weighted by molar-refractivity contribution is -0.137. The Kier molecular flexibility index (Phi) is 3.99. The Balaban J connectivity index is 2.00. The molecular weight excluding hydrogens is 255 g/mol. The van der Waals surface area contributed by atoms with E-state index < -0.39 is 11.7 Å². The Morgan fingerprint density at radius 1 is 1.00 bits per heavy atom. The van der Waals surface area contributed by atoms with E-state index in [2.05, 4.69) is 15.3 Å². The molecule has 19 heavy (non-hydrogen) atoms. The molecule has 0 bridgehead atoms. The average molecular weight is 267 g/mol. The van der Waals surface area contributed by atoms with Crippen molar-refractivity contribution in [3.05, 3.63) is 54.0 Å². The molecule has 1 N–H and O–H groups in total. The fraction of sp³-hybridized carbons (Fsp3) is 0.231. The molecular formula is C13H12F3N3. The molecule has 0 saturated heterocycles. The summed E-state index contributed by atoms with van der Waals surface area (Å²) in [5.41, 5.74) is 0.0653. The molecule has 2 heterocycles. The highest BCUT2D eigenvalue weighted by Crippen LogP contribution is 2.33. The van der Waals surface area contributed by atoms with E-state index in [1.165, 1.54) is 12.3 Å². The van der Waals surface area contributed by atoms with Gasteiger partial charge in [0.25, 0.3) is 0 Å². The summed E-state index contributed by atoms with van der Waals surface area (Å²) < 4.78 is 38.1. The van der Waals surface area contributed by atoms with Crippen molar-refractivity contribution in [3.63, 3.8) is 0 Å². The molecule has 0 aliphatic heterocycles. The van der Waals surface area contributed by atoms with Gasteiger partial charge in [-0.15, -0.1) is 0 Å². The lowest BCUT2D eigenvalue weighted by Crippen LogP contribution is -2.14. The standard InChI is InChI=1S/C13H12F3N3/c14-13(15,16)11-5-3-8-18-12(11)19-9-6-10-4-1-2-7-17-10/h1-5,7-8H,6,9H2,(H,18,19). The third-order valence-electron chi connectivity index (χ3n) is 2.51. The Morgan fingerprint density at radius 3 is 2.47 bits per heavy atom. The minimum atomic E-state index is -4.40. The first-order chi connectivity index (χ1) is 9.07. The SMILES string of the molecule is FC(F)(F)c1cccnc1NCCc1ccccn1. The monoisotopic (exact) mass is 267 g/mol. The third kappa shape index (κ3) is 3.67. The zero-order valence-electron chi connectivity index (χ0n) is 9.98. The number of hydrogen-bond acceptors (Lipinski definition) is 3. The van der Waals surface area contributed by atoms with E-state index in [0.29, 0.717) is 13.0 Å². The molecule has 0 amide bonds. The van der Waals surface area contributed by atoms with Crippen molar-refractivity contribution < 1.29 is 13.2 Å². The molecule has 0 aliphatic carbocycles. The molecule has 3 nitrogen and oxygen atoms in total. The van der Waals surface area contributed by atoms with E-state index in [1.54, 1.807) is 12.3 Å². The van der Waals surface area contributed by atoms with Crippen LogP contribution in [0.5, 0.6) is 0 Å². The fourth-order valence-corrected chi connectivity index (χ4v) is 1.63. The Labute approximate surface area is 108 Å². The molecule has 0 atom stereocenters. The van der Waals surface area contributed by atoms with Gasteiger partial charge in [0, 0.05) is 31.1 Å². The highest BCUT2D eigenvalue weighted by molar-refractivity contribution is 5.45. The van der Waals surface area contributed by atoms with Gasteiger partial charge in [0.2, 0.25) is 0 Å². The molecule has 0 spiro atoms. The van der Waals surface area contributed by atoms with Crippen molar-refractivity contribution in [2.45, 2.75) is 12.6 Å². The predicted octanol–water partition coefficient (Wildman–Crippen LogP) is 3.15. The molecule has 100 valence electrons. The number of aromatic nitrogens is 2. The number of nitrogens with zero attached hydrogens (tertiary/aromatic N) is 2. The van der Waals surface area contributed by atoms with Gasteiger partial charge in [0.05, 0.1) is 5.56 Å². The van der Waals surface area contributed by atoms with Gasteiger partial charge >= 0.3 is 6.18 Å². The summed E-state index contributed by atoms with van der Waals surface area (Å²) >= 11 is 0. The van der Waals surface area contributed by atoms with Gasteiger partial charge in [-0.2, -0.15) is 13.2 Å². The van der Waals surface area contributed by atoms with Gasteiger partial charge in [-0.05, 0) is 24.3 Å². The van der Waals surface area contributed by atoms with Crippen LogP contribution >= 0.6 is 0 Å². The van der Waals surface area contributed by atoms with E-state index in [0.717, 1.165) is 11.8 Å². The molecule has 0 unspecified atom stereocenters. The summed E-state index contributed by atoms with van der Waals surface area (Å²) in [6, 6.07) is 7.73. The fourth-order valence-electron chi connectivity index (χ4n) is 1.63. The van der Waals surface area contributed by atoms with Crippen LogP contribution in [0.25, 0.3) is 0 Å². The third-order valence-corrected chi connectivity index (χ3v) is 2.51. The largest absolute Gasteiger partial charge is 0.419 e. The summed E-state index contributed by atoms with van der Waals surface area (Å²) in [4.78, 5) is 7.82. The highest BCUT2D eigenvalue weighted by atomic mass is 19.4. The number of pyridine rings is 2. The maximum atomic E-state index is 12.7. The van der Waals surface area contributed by atoms with Crippen LogP contribution in [-0.2, 0) is 12.6 Å². The minimum Gasteiger partial charge on any atom is -0.369 e. The van der Waals surface area contributed by atoms with Crippen LogP contribution in [-0.4, -0.2) is 16.5 Å². The van der Waals surface area contributed by atoms with E-state index >= 15 is 0 Å². The first kappa shape index (κ1) is 13.3. The van der Waals surface area contributed by atoms with Crippen molar-refractivity contribution in [3.8, 4) is 0 Å². The predicted molar refractivity (Wildman–Crippen MR) is 65.7 cm³/mol. The van der Waals surface area contributed by atoms with E-state index in [-0.39, 0.29) is 5.82 Å². The van der Waals surface area contributed by atoms with Crippen LogP contribution in [0.2, 0.25) is 0 Å². The first-order valence-electron chi connectivity index (χ1n) is 5.73. The van der Waals surface area contributed by atoms with Crippen molar-refractivity contribution in [1.82, 2.24) is 9.97 Å². The van der Waals surface area contributed by atoms with Gasteiger partial charge in [-0.25, -0.2) is 4.98 Å². The zero-order valence-corrected chi connectivity index (χ0v) is 9.98. The number of alkyl halides is 3. The molecule has 6 heteroatoms. The lowest BCUT2D eigenvalue weighted by Gasteiger charge is -2.12.